The van der Waals surface area contributed by atoms with Crippen LogP contribution < -0.4 is 15.5 Å². The zero-order chi connectivity index (χ0) is 17.6. The second-order valence-corrected chi connectivity index (χ2v) is 7.30. The van der Waals surface area contributed by atoms with E-state index in [-0.39, 0.29) is 12.5 Å². The number of aryl methyl sites for hydroxylation is 1. The molecule has 1 saturated heterocycles. The van der Waals surface area contributed by atoms with Gasteiger partial charge in [0.1, 0.15) is 0 Å². The molecule has 2 aromatic carbocycles. The Morgan fingerprint density at radius 1 is 1.08 bits per heavy atom. The number of benzene rings is 2. The van der Waals surface area contributed by atoms with Crippen LogP contribution in [-0.4, -0.2) is 25.5 Å². The first-order valence-corrected chi connectivity index (χ1v) is 9.56. The number of carbonyl (C=O) groups excluding carboxylic acids is 1. The van der Waals surface area contributed by atoms with Crippen LogP contribution in [0, 0.1) is 6.92 Å². The van der Waals surface area contributed by atoms with Crippen molar-refractivity contribution < 1.29 is 4.79 Å². The van der Waals surface area contributed by atoms with Gasteiger partial charge in [-0.25, -0.2) is 0 Å². The Morgan fingerprint density at radius 3 is 2.60 bits per heavy atom. The van der Waals surface area contributed by atoms with Gasteiger partial charge in [0.05, 0.1) is 23.6 Å². The highest BCUT2D eigenvalue weighted by Gasteiger charge is 2.14. The molecule has 1 aliphatic rings. The molecule has 25 heavy (non-hydrogen) atoms. The van der Waals surface area contributed by atoms with E-state index >= 15 is 0 Å². The minimum atomic E-state index is -0.0574. The van der Waals surface area contributed by atoms with Gasteiger partial charge in [-0.2, -0.15) is 0 Å². The summed E-state index contributed by atoms with van der Waals surface area (Å²) in [5.41, 5.74) is 4.15. The summed E-state index contributed by atoms with van der Waals surface area (Å²) in [6.07, 6.45) is 3.77. The van der Waals surface area contributed by atoms with E-state index < -0.39 is 0 Å². The van der Waals surface area contributed by atoms with Crippen LogP contribution in [-0.2, 0) is 4.79 Å². The van der Waals surface area contributed by atoms with E-state index in [1.165, 1.54) is 24.9 Å². The lowest BCUT2D eigenvalue weighted by Crippen LogP contribution is -2.30. The molecule has 132 valence electrons. The molecule has 0 bridgehead atoms. The lowest BCUT2D eigenvalue weighted by Gasteiger charge is -2.30. The number of halogens is 1. The molecule has 5 heteroatoms. The standard InChI is InChI=1S/C20H24BrN3O/c1-15-9-10-17(16(21)13-15)23-20(25)14-22-18-7-3-4-8-19(18)24-11-5-2-6-12-24/h3-4,7-10,13,22H,2,5-6,11-12,14H2,1H3,(H,23,25). The minimum absolute atomic E-state index is 0.0574. The Hall–Kier alpha value is -2.01. The van der Waals surface area contributed by atoms with Crippen LogP contribution in [0.1, 0.15) is 24.8 Å². The number of piperidine rings is 1. The van der Waals surface area contributed by atoms with Gasteiger partial charge >= 0.3 is 0 Å². The van der Waals surface area contributed by atoms with Crippen LogP contribution in [0.2, 0.25) is 0 Å². The normalized spacial score (nSPS) is 14.2. The van der Waals surface area contributed by atoms with E-state index in [9.17, 15) is 4.79 Å². The van der Waals surface area contributed by atoms with Crippen molar-refractivity contribution >= 4 is 38.9 Å². The summed E-state index contributed by atoms with van der Waals surface area (Å²) in [6, 6.07) is 14.1. The van der Waals surface area contributed by atoms with Gasteiger partial charge in [0.25, 0.3) is 0 Å². The van der Waals surface area contributed by atoms with Crippen LogP contribution in [0.4, 0.5) is 17.1 Å². The number of nitrogens with one attached hydrogen (secondary N) is 2. The molecule has 3 rings (SSSR count). The van der Waals surface area contributed by atoms with Gasteiger partial charge in [-0.3, -0.25) is 4.79 Å². The summed E-state index contributed by atoms with van der Waals surface area (Å²) < 4.78 is 0.898. The number of hydrogen-bond acceptors (Lipinski definition) is 3. The second-order valence-electron chi connectivity index (χ2n) is 6.45. The monoisotopic (exact) mass is 401 g/mol. The van der Waals surface area contributed by atoms with Crippen molar-refractivity contribution in [1.82, 2.24) is 0 Å². The summed E-state index contributed by atoms with van der Waals surface area (Å²) in [6.45, 7) is 4.43. The van der Waals surface area contributed by atoms with Crippen molar-refractivity contribution in [3.63, 3.8) is 0 Å². The van der Waals surface area contributed by atoms with Crippen molar-refractivity contribution in [2.75, 3.05) is 35.2 Å². The molecule has 0 aromatic heterocycles. The molecule has 2 aromatic rings. The number of rotatable bonds is 5. The first kappa shape index (κ1) is 17.8. The van der Waals surface area contributed by atoms with Crippen LogP contribution in [0.25, 0.3) is 0 Å². The van der Waals surface area contributed by atoms with Crippen LogP contribution in [0.5, 0.6) is 0 Å². The van der Waals surface area contributed by atoms with E-state index in [4.69, 9.17) is 0 Å². The zero-order valence-corrected chi connectivity index (χ0v) is 16.1. The lowest BCUT2D eigenvalue weighted by molar-refractivity contribution is -0.114. The Morgan fingerprint density at radius 2 is 1.84 bits per heavy atom. The zero-order valence-electron chi connectivity index (χ0n) is 14.5. The molecule has 4 nitrogen and oxygen atoms in total. The van der Waals surface area contributed by atoms with Crippen LogP contribution in [0.3, 0.4) is 0 Å². The number of carbonyl (C=O) groups is 1. The van der Waals surface area contributed by atoms with Gasteiger partial charge in [-0.1, -0.05) is 18.2 Å². The average Bonchev–Trinajstić information content (AvgIpc) is 2.63. The Bertz CT molecular complexity index is 741. The fraction of sp³-hybridized carbons (Fsp3) is 0.350. The van der Waals surface area contributed by atoms with E-state index in [2.05, 4.69) is 43.6 Å². The summed E-state index contributed by atoms with van der Waals surface area (Å²) in [5, 5.41) is 6.24. The molecular weight excluding hydrogens is 378 g/mol. The SMILES string of the molecule is Cc1ccc(NC(=O)CNc2ccccc2N2CCCCC2)c(Br)c1. The van der Waals surface area contributed by atoms with E-state index in [1.807, 2.05) is 37.3 Å². The van der Waals surface area contributed by atoms with Gasteiger partial charge in [-0.05, 0) is 71.9 Å². The molecule has 1 heterocycles. The molecule has 1 fully saturated rings. The maximum Gasteiger partial charge on any atom is 0.243 e. The molecule has 0 aliphatic carbocycles. The summed E-state index contributed by atoms with van der Waals surface area (Å²) in [5.74, 6) is -0.0574. The lowest BCUT2D eigenvalue weighted by atomic mass is 10.1. The van der Waals surface area contributed by atoms with Crippen molar-refractivity contribution in [2.45, 2.75) is 26.2 Å². The third kappa shape index (κ3) is 4.75. The van der Waals surface area contributed by atoms with Gasteiger partial charge in [0.15, 0.2) is 0 Å². The average molecular weight is 402 g/mol. The highest BCUT2D eigenvalue weighted by atomic mass is 79.9. The molecule has 1 amide bonds. The van der Waals surface area contributed by atoms with Crippen molar-refractivity contribution in [3.8, 4) is 0 Å². The smallest absolute Gasteiger partial charge is 0.243 e. The van der Waals surface area contributed by atoms with Crippen molar-refractivity contribution in [3.05, 3.63) is 52.5 Å². The van der Waals surface area contributed by atoms with Gasteiger partial charge < -0.3 is 15.5 Å². The number of amides is 1. The largest absolute Gasteiger partial charge is 0.374 e. The quantitative estimate of drug-likeness (QED) is 0.755. The summed E-state index contributed by atoms with van der Waals surface area (Å²) >= 11 is 3.49. The summed E-state index contributed by atoms with van der Waals surface area (Å²) in [4.78, 5) is 14.7. The Labute approximate surface area is 157 Å². The van der Waals surface area contributed by atoms with Gasteiger partial charge in [0.2, 0.25) is 5.91 Å². The third-order valence-electron chi connectivity index (χ3n) is 4.44. The van der Waals surface area contributed by atoms with Crippen LogP contribution in [0.15, 0.2) is 46.9 Å². The Kier molecular flexibility index (Phi) is 5.97. The molecule has 0 radical (unpaired) electrons. The molecular formula is C20H24BrN3O. The highest BCUT2D eigenvalue weighted by Crippen LogP contribution is 2.28. The highest BCUT2D eigenvalue weighted by molar-refractivity contribution is 9.10. The molecule has 0 saturated carbocycles. The van der Waals surface area contributed by atoms with Crippen molar-refractivity contribution in [1.29, 1.82) is 0 Å². The topological polar surface area (TPSA) is 44.4 Å². The maximum absolute atomic E-state index is 12.3. The molecule has 0 atom stereocenters. The number of anilines is 3. The molecule has 0 unspecified atom stereocenters. The number of nitrogens with zero attached hydrogens (tertiary/aromatic N) is 1. The first-order valence-electron chi connectivity index (χ1n) is 8.77. The predicted octanol–water partition coefficient (Wildman–Crippen LogP) is 4.80. The minimum Gasteiger partial charge on any atom is -0.374 e. The Balaban J connectivity index is 1.62. The van der Waals surface area contributed by atoms with E-state index in [0.717, 1.165) is 34.5 Å². The maximum atomic E-state index is 12.3. The predicted molar refractivity (Wildman–Crippen MR) is 109 cm³/mol. The molecule has 1 aliphatic heterocycles. The fourth-order valence-electron chi connectivity index (χ4n) is 3.13. The number of para-hydroxylation sites is 2. The molecule has 2 N–H and O–H groups in total. The summed E-state index contributed by atoms with van der Waals surface area (Å²) in [7, 11) is 0. The van der Waals surface area contributed by atoms with Crippen LogP contribution >= 0.6 is 15.9 Å². The second kappa shape index (κ2) is 8.39. The van der Waals surface area contributed by atoms with E-state index in [0.29, 0.717) is 0 Å². The first-order chi connectivity index (χ1) is 12.1. The molecule has 0 spiro atoms. The van der Waals surface area contributed by atoms with Gasteiger partial charge in [0, 0.05) is 17.6 Å². The fourth-order valence-corrected chi connectivity index (χ4v) is 3.72. The third-order valence-corrected chi connectivity index (χ3v) is 5.09. The van der Waals surface area contributed by atoms with Crippen molar-refractivity contribution in [2.24, 2.45) is 0 Å². The van der Waals surface area contributed by atoms with Gasteiger partial charge in [-0.15, -0.1) is 0 Å². The number of hydrogen-bond donors (Lipinski definition) is 2. The van der Waals surface area contributed by atoms with E-state index in [1.54, 1.807) is 0 Å².